The van der Waals surface area contributed by atoms with E-state index in [4.69, 9.17) is 4.74 Å². The van der Waals surface area contributed by atoms with Crippen LogP contribution in [0.2, 0.25) is 0 Å². The van der Waals surface area contributed by atoms with Crippen molar-refractivity contribution in [3.63, 3.8) is 0 Å². The van der Waals surface area contributed by atoms with Gasteiger partial charge in [0.15, 0.2) is 0 Å². The maximum atomic E-state index is 14.4. The normalized spacial score (nSPS) is 34.3. The number of aliphatic hydroxyl groups is 1. The number of hydrogen-bond donors (Lipinski definition) is 3. The molecule has 7 rings (SSSR count). The molecule has 0 bridgehead atoms. The number of H-pyrrole nitrogens is 1. The van der Waals surface area contributed by atoms with Gasteiger partial charge in [-0.25, -0.2) is 0 Å². The van der Waals surface area contributed by atoms with Crippen LogP contribution in [-0.4, -0.2) is 92.4 Å². The highest BCUT2D eigenvalue weighted by molar-refractivity contribution is 9.10. The second kappa shape index (κ2) is 9.38. The van der Waals surface area contributed by atoms with Crippen molar-refractivity contribution in [1.82, 2.24) is 25.0 Å². The molecule has 3 saturated heterocycles. The van der Waals surface area contributed by atoms with Crippen molar-refractivity contribution >= 4 is 50.1 Å². The van der Waals surface area contributed by atoms with E-state index in [1.807, 2.05) is 33.0 Å². The van der Waals surface area contributed by atoms with E-state index >= 15 is 0 Å². The fraction of sp³-hybridized carbons (Fsp3) is 0.581. The van der Waals surface area contributed by atoms with Crippen LogP contribution in [0.1, 0.15) is 51.7 Å². The minimum atomic E-state index is -2.02. The second-order valence-corrected chi connectivity index (χ2v) is 14.0. The van der Waals surface area contributed by atoms with Crippen molar-refractivity contribution in [3.8, 4) is 0 Å². The van der Waals surface area contributed by atoms with Gasteiger partial charge in [0.05, 0.1) is 10.5 Å². The number of carbonyl (C=O) groups is 3. The first-order valence-electron chi connectivity index (χ1n) is 15.0. The van der Waals surface area contributed by atoms with Crippen molar-refractivity contribution < 1.29 is 24.2 Å². The van der Waals surface area contributed by atoms with Crippen LogP contribution < -0.4 is 5.32 Å². The number of piperazine rings is 1. The number of aromatic nitrogens is 1. The molecule has 2 aromatic rings. The average Bonchev–Trinajstić information content (AvgIpc) is 3.61. The molecule has 4 aliphatic heterocycles. The van der Waals surface area contributed by atoms with Crippen molar-refractivity contribution in [3.05, 3.63) is 40.0 Å². The number of amides is 3. The molecule has 3 amide bonds. The molecule has 3 N–H and O–H groups in total. The van der Waals surface area contributed by atoms with Crippen LogP contribution in [0.4, 0.5) is 0 Å². The Morgan fingerprint density at radius 3 is 2.71 bits per heavy atom. The Bertz CT molecular complexity index is 1550. The molecule has 3 fully saturated rings. The summed E-state index contributed by atoms with van der Waals surface area (Å²) in [5, 5.41) is 16.2. The lowest BCUT2D eigenvalue weighted by Crippen LogP contribution is -2.72. The molecule has 1 aromatic carbocycles. The number of rotatable bonds is 4. The number of ether oxygens (including phenoxy) is 1. The third-order valence-corrected chi connectivity index (χ3v) is 10.8. The lowest BCUT2D eigenvalue weighted by Gasteiger charge is -2.49. The van der Waals surface area contributed by atoms with Crippen molar-refractivity contribution in [2.24, 2.45) is 17.8 Å². The molecule has 224 valence electrons. The predicted octanol–water partition coefficient (Wildman–Crippen LogP) is 2.80. The summed E-state index contributed by atoms with van der Waals surface area (Å²) in [5.41, 5.74) is 2.67. The third kappa shape index (κ3) is 3.63. The Morgan fingerprint density at radius 2 is 2.00 bits per heavy atom. The smallest absolute Gasteiger partial charge is 0.281 e. The van der Waals surface area contributed by atoms with E-state index in [-0.39, 0.29) is 23.8 Å². The third-order valence-electron chi connectivity index (χ3n) is 10.1. The van der Waals surface area contributed by atoms with Crippen molar-refractivity contribution in [1.29, 1.82) is 0 Å². The van der Waals surface area contributed by atoms with E-state index in [1.54, 1.807) is 18.7 Å². The lowest BCUT2D eigenvalue weighted by atomic mass is 9.79. The maximum absolute atomic E-state index is 14.4. The van der Waals surface area contributed by atoms with E-state index in [2.05, 4.69) is 43.3 Å². The molecule has 6 atom stereocenters. The van der Waals surface area contributed by atoms with Crippen molar-refractivity contribution in [2.75, 3.05) is 20.1 Å². The van der Waals surface area contributed by atoms with E-state index in [0.717, 1.165) is 27.7 Å². The highest BCUT2D eigenvalue weighted by Gasteiger charge is 2.72. The molecule has 5 heterocycles. The average molecular weight is 641 g/mol. The number of carbonyl (C=O) groups excluding carboxylic acids is 3. The Labute approximate surface area is 253 Å². The van der Waals surface area contributed by atoms with Crippen LogP contribution in [0.15, 0.2) is 28.9 Å². The van der Waals surface area contributed by atoms with Crippen LogP contribution >= 0.6 is 15.9 Å². The number of benzene rings is 1. The standard InChI is InChI=1S/C31H38BrN5O5/c1-15(2)25-28(39)36-11-7-10-23(36)31(41)37(25)29(40)30(42-31,16(3)4)34-27(38)17-12-19-18-8-6-9-21-24(18)20(26(32)33-21)13-22(19)35(5)14-17/h6,8-9,12,15-17,22-23,25,33,41H,7,10-11,13-14H2,1-5H3,(H,34,38)/t17-,22?,23?,25+,30-,31+/m1/s1. The van der Waals surface area contributed by atoms with E-state index in [1.165, 1.54) is 15.8 Å². The first-order valence-corrected chi connectivity index (χ1v) is 15.8. The number of fused-ring (bicyclic) bond motifs is 5. The summed E-state index contributed by atoms with van der Waals surface area (Å²) >= 11 is 3.70. The number of nitrogens with one attached hydrogen (secondary N) is 2. The summed E-state index contributed by atoms with van der Waals surface area (Å²) in [5.74, 6) is -4.41. The molecule has 1 aliphatic carbocycles. The first kappa shape index (κ1) is 28.1. The Balaban J connectivity index is 1.26. The zero-order valence-electron chi connectivity index (χ0n) is 24.6. The molecule has 42 heavy (non-hydrogen) atoms. The van der Waals surface area contributed by atoms with Crippen LogP contribution in [0.3, 0.4) is 0 Å². The highest BCUT2D eigenvalue weighted by Crippen LogP contribution is 2.49. The second-order valence-electron chi connectivity index (χ2n) is 13.2. The summed E-state index contributed by atoms with van der Waals surface area (Å²) in [6, 6.07) is 4.73. The summed E-state index contributed by atoms with van der Waals surface area (Å²) < 4.78 is 7.40. The number of nitrogens with zero attached hydrogens (tertiary/aromatic N) is 3. The molecule has 1 aromatic heterocycles. The largest absolute Gasteiger partial charge is 0.349 e. The molecular weight excluding hydrogens is 602 g/mol. The van der Waals surface area contributed by atoms with Gasteiger partial charge in [-0.1, -0.05) is 45.9 Å². The lowest BCUT2D eigenvalue weighted by molar-refractivity contribution is -0.323. The Hall–Kier alpha value is -2.73. The minimum absolute atomic E-state index is 0.114. The zero-order chi connectivity index (χ0) is 29.9. The van der Waals surface area contributed by atoms with Gasteiger partial charge in [0.1, 0.15) is 12.1 Å². The van der Waals surface area contributed by atoms with E-state index in [0.29, 0.717) is 25.9 Å². The quantitative estimate of drug-likeness (QED) is 0.474. The molecule has 0 spiro atoms. The van der Waals surface area contributed by atoms with Gasteiger partial charge < -0.3 is 20.3 Å². The zero-order valence-corrected chi connectivity index (χ0v) is 26.2. The van der Waals surface area contributed by atoms with Crippen LogP contribution in [-0.2, 0) is 25.5 Å². The highest BCUT2D eigenvalue weighted by atomic mass is 79.9. The van der Waals surface area contributed by atoms with Gasteiger partial charge >= 0.3 is 0 Å². The molecule has 10 nitrogen and oxygen atoms in total. The summed E-state index contributed by atoms with van der Waals surface area (Å²) in [6.45, 7) is 8.30. The van der Waals surface area contributed by atoms with Gasteiger partial charge in [0.25, 0.3) is 11.8 Å². The van der Waals surface area contributed by atoms with E-state index in [9.17, 15) is 19.5 Å². The van der Waals surface area contributed by atoms with Crippen LogP contribution in [0.25, 0.3) is 16.5 Å². The summed E-state index contributed by atoms with van der Waals surface area (Å²) in [6.07, 6.45) is 4.08. The van der Waals surface area contributed by atoms with Crippen molar-refractivity contribution in [2.45, 2.75) is 76.7 Å². The fourth-order valence-corrected chi connectivity index (χ4v) is 8.59. The monoisotopic (exact) mass is 639 g/mol. The van der Waals surface area contributed by atoms with Gasteiger partial charge in [-0.2, -0.15) is 0 Å². The molecule has 0 saturated carbocycles. The number of aromatic amines is 1. The molecule has 5 aliphatic rings. The summed E-state index contributed by atoms with van der Waals surface area (Å²) in [4.78, 5) is 50.5. The topological polar surface area (TPSA) is 118 Å². The first-order chi connectivity index (χ1) is 19.9. The minimum Gasteiger partial charge on any atom is -0.349 e. The summed E-state index contributed by atoms with van der Waals surface area (Å²) in [7, 11) is 2.02. The molecule has 2 unspecified atom stereocenters. The number of hydrogen-bond acceptors (Lipinski definition) is 6. The number of likely N-dealkylation sites (N-methyl/N-ethyl adjacent to an activating group) is 1. The van der Waals surface area contributed by atoms with Crippen LogP contribution in [0, 0.1) is 17.8 Å². The Kier molecular flexibility index (Phi) is 6.27. The van der Waals surface area contributed by atoms with Gasteiger partial charge in [0, 0.05) is 36.0 Å². The molecule has 11 heteroatoms. The SMILES string of the molecule is CC(C)[C@H]1C(=O)N2CCCC2[C@]2(O)O[C@](NC(=O)[C@@H]3C=C4c5cccc6[nH]c(Br)c(c56)CC4N(C)C3)(C(C)C)C(=O)N12. The maximum Gasteiger partial charge on any atom is 0.281 e. The number of halogens is 1. The van der Waals surface area contributed by atoms with E-state index < -0.39 is 41.5 Å². The van der Waals surface area contributed by atoms with Gasteiger partial charge in [-0.05, 0) is 70.9 Å². The molecule has 0 radical (unpaired) electrons. The molecular formula is C31H38BrN5O5. The van der Waals surface area contributed by atoms with Gasteiger partial charge in [-0.3, -0.25) is 28.9 Å². The van der Waals surface area contributed by atoms with Gasteiger partial charge in [-0.15, -0.1) is 0 Å². The Morgan fingerprint density at radius 1 is 1.24 bits per heavy atom. The van der Waals surface area contributed by atoms with Crippen LogP contribution in [0.5, 0.6) is 0 Å². The van der Waals surface area contributed by atoms with Gasteiger partial charge in [0.2, 0.25) is 17.5 Å². The predicted molar refractivity (Wildman–Crippen MR) is 160 cm³/mol. The fourth-order valence-electron chi connectivity index (χ4n) is 8.02.